The average molecular weight is 498 g/mol. The highest BCUT2D eigenvalue weighted by molar-refractivity contribution is 6.33. The van der Waals surface area contributed by atoms with Crippen LogP contribution < -0.4 is 20.5 Å². The van der Waals surface area contributed by atoms with Crippen LogP contribution in [0.1, 0.15) is 26.5 Å². The molecule has 0 aliphatic carbocycles. The molecule has 1 aliphatic heterocycles. The Morgan fingerprint density at radius 1 is 1.17 bits per heavy atom. The molecule has 8 nitrogen and oxygen atoms in total. The van der Waals surface area contributed by atoms with Crippen molar-refractivity contribution in [2.24, 2.45) is 0 Å². The maximum atomic E-state index is 13.7. The summed E-state index contributed by atoms with van der Waals surface area (Å²) in [5.41, 5.74) is 1.79. The Kier molecular flexibility index (Phi) is 7.93. The van der Waals surface area contributed by atoms with Gasteiger partial charge in [0.15, 0.2) is 0 Å². The molecule has 9 heteroatoms. The molecule has 0 bridgehead atoms. The number of hydrogen-bond acceptors (Lipinski definition) is 7. The molecule has 1 fully saturated rings. The zero-order valence-corrected chi connectivity index (χ0v) is 21.4. The van der Waals surface area contributed by atoms with Gasteiger partial charge in [-0.25, -0.2) is 9.97 Å². The summed E-state index contributed by atoms with van der Waals surface area (Å²) < 4.78 is 13.0. The van der Waals surface area contributed by atoms with Crippen LogP contribution in [-0.2, 0) is 17.7 Å². The number of rotatable bonds is 9. The van der Waals surface area contributed by atoms with Crippen LogP contribution in [0.3, 0.4) is 0 Å². The van der Waals surface area contributed by atoms with Gasteiger partial charge in [-0.15, -0.1) is 0 Å². The standard InChI is InChI=1S/C26H32ClN5O3/c1-5-20-24(29-21-15-31(16-22(21)35-7-3)23-10-8-9-13-28-23)26(33)32(6-2)25(30-20)18-12-11-17(34-4)14-19(18)27/h8-14,21-22,29H,5-7,15-16H2,1-4H3/t21-,22+/m1/s1. The van der Waals surface area contributed by atoms with Crippen molar-refractivity contribution in [3.63, 3.8) is 0 Å². The van der Waals surface area contributed by atoms with Gasteiger partial charge in [-0.1, -0.05) is 24.6 Å². The van der Waals surface area contributed by atoms with E-state index in [1.165, 1.54) is 0 Å². The number of halogens is 1. The monoisotopic (exact) mass is 497 g/mol. The second kappa shape index (κ2) is 11.1. The summed E-state index contributed by atoms with van der Waals surface area (Å²) in [6.45, 7) is 8.32. The lowest BCUT2D eigenvalue weighted by molar-refractivity contribution is 0.0719. The quantitative estimate of drug-likeness (QED) is 0.473. The van der Waals surface area contributed by atoms with E-state index in [0.29, 0.717) is 66.2 Å². The first-order valence-corrected chi connectivity index (χ1v) is 12.4. The van der Waals surface area contributed by atoms with E-state index in [9.17, 15) is 4.79 Å². The van der Waals surface area contributed by atoms with Gasteiger partial charge in [0.05, 0.1) is 30.0 Å². The van der Waals surface area contributed by atoms with Crippen LogP contribution in [0.15, 0.2) is 47.4 Å². The fourth-order valence-corrected chi connectivity index (χ4v) is 4.77. The zero-order valence-electron chi connectivity index (χ0n) is 20.6. The van der Waals surface area contributed by atoms with E-state index < -0.39 is 0 Å². The molecule has 0 radical (unpaired) electrons. The Morgan fingerprint density at radius 2 is 2.00 bits per heavy atom. The van der Waals surface area contributed by atoms with Crippen LogP contribution in [0.5, 0.6) is 5.75 Å². The van der Waals surface area contributed by atoms with Crippen LogP contribution in [0.2, 0.25) is 5.02 Å². The highest BCUT2D eigenvalue weighted by Crippen LogP contribution is 2.31. The van der Waals surface area contributed by atoms with E-state index in [1.54, 1.807) is 23.9 Å². The van der Waals surface area contributed by atoms with E-state index in [4.69, 9.17) is 26.1 Å². The highest BCUT2D eigenvalue weighted by Gasteiger charge is 2.35. The molecule has 186 valence electrons. The minimum absolute atomic E-state index is 0.0857. The summed E-state index contributed by atoms with van der Waals surface area (Å²) >= 11 is 6.55. The minimum Gasteiger partial charge on any atom is -0.497 e. The number of methoxy groups -OCH3 is 1. The summed E-state index contributed by atoms with van der Waals surface area (Å²) in [5, 5.41) is 3.99. The first kappa shape index (κ1) is 25.0. The van der Waals surface area contributed by atoms with E-state index in [2.05, 4.69) is 15.2 Å². The van der Waals surface area contributed by atoms with Crippen LogP contribution in [0, 0.1) is 0 Å². The number of aryl methyl sites for hydroxylation is 1. The van der Waals surface area contributed by atoms with E-state index in [-0.39, 0.29) is 17.7 Å². The van der Waals surface area contributed by atoms with Gasteiger partial charge >= 0.3 is 0 Å². The van der Waals surface area contributed by atoms with E-state index >= 15 is 0 Å². The molecule has 0 unspecified atom stereocenters. The molecule has 3 heterocycles. The Morgan fingerprint density at radius 3 is 2.63 bits per heavy atom. The van der Waals surface area contributed by atoms with Crippen LogP contribution in [0.4, 0.5) is 11.5 Å². The first-order chi connectivity index (χ1) is 17.0. The van der Waals surface area contributed by atoms with Gasteiger partial charge in [0.1, 0.15) is 23.1 Å². The third kappa shape index (κ3) is 5.13. The molecule has 1 saturated heterocycles. The largest absolute Gasteiger partial charge is 0.497 e. The summed E-state index contributed by atoms with van der Waals surface area (Å²) in [7, 11) is 1.59. The van der Waals surface area contributed by atoms with Crippen molar-refractivity contribution in [2.45, 2.75) is 45.9 Å². The lowest BCUT2D eigenvalue weighted by atomic mass is 10.1. The van der Waals surface area contributed by atoms with Gasteiger partial charge in [0.2, 0.25) is 0 Å². The maximum Gasteiger partial charge on any atom is 0.277 e. The molecule has 2 atom stereocenters. The third-order valence-electron chi connectivity index (χ3n) is 6.26. The lowest BCUT2D eigenvalue weighted by Gasteiger charge is -2.23. The van der Waals surface area contributed by atoms with Crippen molar-refractivity contribution in [2.75, 3.05) is 37.0 Å². The summed E-state index contributed by atoms with van der Waals surface area (Å²) in [6, 6.07) is 11.2. The fraction of sp³-hybridized carbons (Fsp3) is 0.423. The SMILES string of the molecule is CCO[C@H]1CN(c2ccccn2)C[C@H]1Nc1c(CC)nc(-c2ccc(OC)cc2Cl)n(CC)c1=O. The van der Waals surface area contributed by atoms with Gasteiger partial charge in [-0.2, -0.15) is 0 Å². The smallest absolute Gasteiger partial charge is 0.277 e. The summed E-state index contributed by atoms with van der Waals surface area (Å²) in [5.74, 6) is 2.10. The van der Waals surface area contributed by atoms with E-state index in [1.807, 2.05) is 51.1 Å². The van der Waals surface area contributed by atoms with Crippen molar-refractivity contribution < 1.29 is 9.47 Å². The predicted molar refractivity (Wildman–Crippen MR) is 140 cm³/mol. The van der Waals surface area contributed by atoms with Gasteiger partial charge < -0.3 is 19.7 Å². The lowest BCUT2D eigenvalue weighted by Crippen LogP contribution is -2.38. The van der Waals surface area contributed by atoms with Crippen molar-refractivity contribution in [1.29, 1.82) is 0 Å². The van der Waals surface area contributed by atoms with Crippen LogP contribution in [-0.4, -0.2) is 53.5 Å². The summed E-state index contributed by atoms with van der Waals surface area (Å²) in [4.78, 5) is 25.3. The first-order valence-electron chi connectivity index (χ1n) is 12.0. The number of hydrogen-bond donors (Lipinski definition) is 1. The number of anilines is 2. The summed E-state index contributed by atoms with van der Waals surface area (Å²) in [6.07, 6.45) is 2.30. The number of aromatic nitrogens is 3. The van der Waals surface area contributed by atoms with E-state index in [0.717, 1.165) is 5.82 Å². The third-order valence-corrected chi connectivity index (χ3v) is 6.58. The molecule has 1 aromatic carbocycles. The second-order valence-corrected chi connectivity index (χ2v) is 8.75. The zero-order chi connectivity index (χ0) is 24.9. The second-order valence-electron chi connectivity index (χ2n) is 8.34. The Hall–Kier alpha value is -3.10. The normalized spacial score (nSPS) is 17.6. The molecular weight excluding hydrogens is 466 g/mol. The molecule has 0 amide bonds. The van der Waals surface area contributed by atoms with Crippen molar-refractivity contribution in [3.05, 3.63) is 63.7 Å². The predicted octanol–water partition coefficient (Wildman–Crippen LogP) is 4.26. The maximum absolute atomic E-state index is 13.7. The highest BCUT2D eigenvalue weighted by atomic mass is 35.5. The number of nitrogens with zero attached hydrogens (tertiary/aromatic N) is 4. The number of benzene rings is 1. The number of pyridine rings is 1. The van der Waals surface area contributed by atoms with Crippen LogP contribution >= 0.6 is 11.6 Å². The molecule has 1 aliphatic rings. The molecule has 3 aromatic rings. The molecular formula is C26H32ClN5O3. The van der Waals surface area contributed by atoms with Crippen molar-refractivity contribution >= 4 is 23.1 Å². The molecule has 2 aromatic heterocycles. The molecule has 35 heavy (non-hydrogen) atoms. The Labute approximate surface area is 210 Å². The van der Waals surface area contributed by atoms with Gasteiger partial charge in [0, 0.05) is 38.0 Å². The molecule has 0 saturated carbocycles. The Balaban J connectivity index is 1.71. The Bertz CT molecular complexity index is 1220. The molecule has 1 N–H and O–H groups in total. The topological polar surface area (TPSA) is 81.5 Å². The minimum atomic E-state index is -0.118. The van der Waals surface area contributed by atoms with Gasteiger partial charge in [0.25, 0.3) is 5.56 Å². The van der Waals surface area contributed by atoms with Crippen LogP contribution in [0.25, 0.3) is 11.4 Å². The number of ether oxygens (including phenoxy) is 2. The fourth-order valence-electron chi connectivity index (χ4n) is 4.51. The van der Waals surface area contributed by atoms with Gasteiger partial charge in [-0.05, 0) is 50.6 Å². The molecule has 4 rings (SSSR count). The molecule has 0 spiro atoms. The van der Waals surface area contributed by atoms with Gasteiger partial charge in [-0.3, -0.25) is 9.36 Å². The van der Waals surface area contributed by atoms with Crippen molar-refractivity contribution in [3.8, 4) is 17.1 Å². The average Bonchev–Trinajstić information content (AvgIpc) is 3.28. The van der Waals surface area contributed by atoms with Crippen molar-refractivity contribution in [1.82, 2.24) is 14.5 Å². The number of nitrogens with one attached hydrogen (secondary N) is 1.